The van der Waals surface area contributed by atoms with Gasteiger partial charge in [-0.15, -0.1) is 0 Å². The van der Waals surface area contributed by atoms with Gasteiger partial charge in [0.15, 0.2) is 0 Å². The molecule has 110 valence electrons. The summed E-state index contributed by atoms with van der Waals surface area (Å²) in [7, 11) is 0. The van der Waals surface area contributed by atoms with Gasteiger partial charge >= 0.3 is 0 Å². The maximum absolute atomic E-state index is 14.0. The lowest BCUT2D eigenvalue weighted by Crippen LogP contribution is -2.41. The molecule has 2 rings (SSSR count). The van der Waals surface area contributed by atoms with Crippen LogP contribution in [-0.2, 0) is 12.1 Å². The van der Waals surface area contributed by atoms with Crippen LogP contribution in [0.3, 0.4) is 0 Å². The molecule has 1 heterocycles. The highest BCUT2D eigenvalue weighted by atomic mass is 19.1. The molecule has 9 heteroatoms. The van der Waals surface area contributed by atoms with E-state index in [9.17, 15) is 13.9 Å². The van der Waals surface area contributed by atoms with Crippen LogP contribution in [0.4, 0.5) is 8.78 Å². The van der Waals surface area contributed by atoms with Crippen LogP contribution in [0.25, 0.3) is 10.4 Å². The molecule has 0 saturated heterocycles. The number of hydrogen-bond donors (Lipinski definition) is 1. The van der Waals surface area contributed by atoms with Crippen molar-refractivity contribution in [2.45, 2.75) is 25.1 Å². The number of aliphatic hydroxyl groups is 1. The Kier molecular flexibility index (Phi) is 4.15. The Morgan fingerprint density at radius 3 is 2.86 bits per heavy atom. The van der Waals surface area contributed by atoms with Crippen molar-refractivity contribution < 1.29 is 13.9 Å². The van der Waals surface area contributed by atoms with Crippen LogP contribution in [0.1, 0.15) is 12.5 Å². The third kappa shape index (κ3) is 2.99. The van der Waals surface area contributed by atoms with Crippen molar-refractivity contribution in [1.82, 2.24) is 14.8 Å². The van der Waals surface area contributed by atoms with Gasteiger partial charge in [0.2, 0.25) is 0 Å². The first-order valence-corrected chi connectivity index (χ1v) is 6.02. The molecule has 1 N–H and O–H groups in total. The molecular formula is C12H12F2N6O. The fourth-order valence-electron chi connectivity index (χ4n) is 2.02. The summed E-state index contributed by atoms with van der Waals surface area (Å²) < 4.78 is 28.3. The van der Waals surface area contributed by atoms with Crippen molar-refractivity contribution in [2.75, 3.05) is 0 Å². The molecule has 0 aliphatic rings. The number of rotatable bonds is 5. The predicted molar refractivity (Wildman–Crippen MR) is 68.9 cm³/mol. The number of aromatic nitrogens is 3. The highest BCUT2D eigenvalue weighted by Crippen LogP contribution is 2.31. The van der Waals surface area contributed by atoms with Crippen molar-refractivity contribution in [3.8, 4) is 0 Å². The Balaban J connectivity index is 2.51. The minimum Gasteiger partial charge on any atom is -0.383 e. The van der Waals surface area contributed by atoms with Crippen LogP contribution < -0.4 is 0 Å². The maximum atomic E-state index is 14.0. The summed E-state index contributed by atoms with van der Waals surface area (Å²) in [4.78, 5) is 6.35. The zero-order valence-corrected chi connectivity index (χ0v) is 11.1. The summed E-state index contributed by atoms with van der Waals surface area (Å²) >= 11 is 0. The lowest BCUT2D eigenvalue weighted by atomic mass is 9.87. The molecule has 21 heavy (non-hydrogen) atoms. The summed E-state index contributed by atoms with van der Waals surface area (Å²) in [6.07, 6.45) is 2.58. The van der Waals surface area contributed by atoms with Crippen LogP contribution in [-0.4, -0.2) is 25.9 Å². The highest BCUT2D eigenvalue weighted by Gasteiger charge is 2.38. The molecule has 0 aliphatic heterocycles. The number of nitrogens with zero attached hydrogens (tertiary/aromatic N) is 6. The number of benzene rings is 1. The minimum absolute atomic E-state index is 0.181. The van der Waals surface area contributed by atoms with E-state index in [2.05, 4.69) is 20.1 Å². The third-order valence-corrected chi connectivity index (χ3v) is 3.18. The fraction of sp³-hybridized carbons (Fsp3) is 0.333. The maximum Gasteiger partial charge on any atom is 0.137 e. The predicted octanol–water partition coefficient (Wildman–Crippen LogP) is 2.14. The average Bonchev–Trinajstić information content (AvgIpc) is 2.91. The Hall–Kier alpha value is -2.51. The molecule has 1 aromatic carbocycles. The molecular weight excluding hydrogens is 282 g/mol. The van der Waals surface area contributed by atoms with E-state index in [1.165, 1.54) is 24.3 Å². The van der Waals surface area contributed by atoms with Gasteiger partial charge in [-0.25, -0.2) is 18.4 Å². The molecule has 7 nitrogen and oxygen atoms in total. The molecule has 0 saturated carbocycles. The molecule has 0 radical (unpaired) electrons. The monoisotopic (exact) mass is 294 g/mol. The SMILES string of the molecule is CC(N=[N+]=[N-])C(O)(Cn1cncn1)c1ccc(F)cc1F. The van der Waals surface area contributed by atoms with E-state index < -0.39 is 23.3 Å². The fourth-order valence-corrected chi connectivity index (χ4v) is 2.02. The Morgan fingerprint density at radius 2 is 2.29 bits per heavy atom. The summed E-state index contributed by atoms with van der Waals surface area (Å²) in [6.45, 7) is 1.23. The second-order valence-electron chi connectivity index (χ2n) is 4.52. The van der Waals surface area contributed by atoms with Gasteiger partial charge in [0.05, 0.1) is 12.6 Å². The van der Waals surface area contributed by atoms with E-state index in [4.69, 9.17) is 5.53 Å². The second-order valence-corrected chi connectivity index (χ2v) is 4.52. The van der Waals surface area contributed by atoms with Gasteiger partial charge in [0.25, 0.3) is 0 Å². The van der Waals surface area contributed by atoms with Crippen LogP contribution >= 0.6 is 0 Å². The van der Waals surface area contributed by atoms with Crippen molar-refractivity contribution in [3.05, 3.63) is 58.5 Å². The first-order chi connectivity index (χ1) is 9.97. The molecule has 0 bridgehead atoms. The second kappa shape index (κ2) is 5.86. The molecule has 2 unspecified atom stereocenters. The first kappa shape index (κ1) is 14.9. The van der Waals surface area contributed by atoms with Crippen molar-refractivity contribution in [2.24, 2.45) is 5.11 Å². The zero-order chi connectivity index (χ0) is 15.5. The van der Waals surface area contributed by atoms with E-state index in [0.717, 1.165) is 12.1 Å². The topological polar surface area (TPSA) is 99.7 Å². The van der Waals surface area contributed by atoms with Gasteiger partial charge in [-0.1, -0.05) is 18.1 Å². The normalized spacial score (nSPS) is 15.0. The standard InChI is InChI=1S/C12H12F2N6O/c1-8(18-19-15)12(21,5-20-7-16-6-17-20)10-3-2-9(13)4-11(10)14/h2-4,6-8,21H,5H2,1H3. The lowest BCUT2D eigenvalue weighted by molar-refractivity contribution is -0.00836. The Morgan fingerprint density at radius 1 is 1.52 bits per heavy atom. The Bertz CT molecular complexity index is 670. The van der Waals surface area contributed by atoms with Crippen LogP contribution in [0, 0.1) is 11.6 Å². The quantitative estimate of drug-likeness (QED) is 0.519. The molecule has 0 spiro atoms. The molecule has 1 aromatic heterocycles. The largest absolute Gasteiger partial charge is 0.383 e. The molecule has 2 atom stereocenters. The van der Waals surface area contributed by atoms with E-state index in [-0.39, 0.29) is 12.1 Å². The van der Waals surface area contributed by atoms with Gasteiger partial charge in [-0.2, -0.15) is 5.10 Å². The summed E-state index contributed by atoms with van der Waals surface area (Å²) in [6, 6.07) is 1.79. The van der Waals surface area contributed by atoms with Gasteiger partial charge in [-0.3, -0.25) is 0 Å². The van der Waals surface area contributed by atoms with E-state index >= 15 is 0 Å². The van der Waals surface area contributed by atoms with Crippen molar-refractivity contribution >= 4 is 0 Å². The van der Waals surface area contributed by atoms with Crippen molar-refractivity contribution in [1.29, 1.82) is 0 Å². The van der Waals surface area contributed by atoms with E-state index in [0.29, 0.717) is 6.07 Å². The number of halogens is 2. The minimum atomic E-state index is -1.89. The molecule has 2 aromatic rings. The summed E-state index contributed by atoms with van der Waals surface area (Å²) in [5.41, 5.74) is 6.47. The lowest BCUT2D eigenvalue weighted by Gasteiger charge is -2.32. The molecule has 0 fully saturated rings. The highest BCUT2D eigenvalue weighted by molar-refractivity contribution is 5.27. The van der Waals surface area contributed by atoms with Crippen molar-refractivity contribution in [3.63, 3.8) is 0 Å². The van der Waals surface area contributed by atoms with E-state index in [1.807, 2.05) is 0 Å². The van der Waals surface area contributed by atoms with Crippen LogP contribution in [0.2, 0.25) is 0 Å². The number of hydrogen-bond acceptors (Lipinski definition) is 4. The summed E-state index contributed by atoms with van der Waals surface area (Å²) in [5, 5.41) is 18.1. The Labute approximate surface area is 118 Å². The van der Waals surface area contributed by atoms with Gasteiger partial charge in [0.1, 0.15) is 29.9 Å². The van der Waals surface area contributed by atoms with E-state index in [1.54, 1.807) is 0 Å². The van der Waals surface area contributed by atoms with Crippen LogP contribution in [0.5, 0.6) is 0 Å². The van der Waals surface area contributed by atoms with Gasteiger partial charge < -0.3 is 5.11 Å². The molecule has 0 aliphatic carbocycles. The zero-order valence-electron chi connectivity index (χ0n) is 11.1. The third-order valence-electron chi connectivity index (χ3n) is 3.18. The average molecular weight is 294 g/mol. The van der Waals surface area contributed by atoms with Gasteiger partial charge in [0, 0.05) is 16.5 Å². The smallest absolute Gasteiger partial charge is 0.137 e. The molecule has 0 amide bonds. The summed E-state index contributed by atoms with van der Waals surface area (Å²) in [5.74, 6) is -1.70. The van der Waals surface area contributed by atoms with Gasteiger partial charge in [-0.05, 0) is 11.6 Å². The van der Waals surface area contributed by atoms with Crippen LogP contribution in [0.15, 0.2) is 36.0 Å². The number of azide groups is 1. The first-order valence-electron chi connectivity index (χ1n) is 6.02.